The van der Waals surface area contributed by atoms with E-state index < -0.39 is 10.0 Å². The van der Waals surface area contributed by atoms with Crippen LogP contribution in [0.1, 0.15) is 50.0 Å². The molecule has 0 unspecified atom stereocenters. The van der Waals surface area contributed by atoms with E-state index >= 15 is 0 Å². The Hall–Kier alpha value is -0.100. The molecule has 0 atom stereocenters. The molecule has 21 heavy (non-hydrogen) atoms. The van der Waals surface area contributed by atoms with Gasteiger partial charge in [-0.25, -0.2) is 8.42 Å². The second-order valence-corrected chi connectivity index (χ2v) is 9.27. The van der Waals surface area contributed by atoms with Gasteiger partial charge in [-0.05, 0) is 36.6 Å². The van der Waals surface area contributed by atoms with Crippen molar-refractivity contribution in [1.29, 1.82) is 0 Å². The standard InChI is InChI=1S/C15H24ClNO2S2/c1-11(2)9-17(13-6-4-5-7-13)21(18,19)15-12(3)10-20-14(15)8-16/h10-11,13H,4-9H2,1-3H3. The molecule has 1 aliphatic rings. The van der Waals surface area contributed by atoms with Gasteiger partial charge in [-0.3, -0.25) is 0 Å². The maximum atomic E-state index is 13.2. The largest absolute Gasteiger partial charge is 0.244 e. The van der Waals surface area contributed by atoms with Crippen LogP contribution in [0.4, 0.5) is 0 Å². The van der Waals surface area contributed by atoms with Crippen molar-refractivity contribution >= 4 is 33.0 Å². The average molecular weight is 350 g/mol. The van der Waals surface area contributed by atoms with Gasteiger partial charge >= 0.3 is 0 Å². The first-order valence-electron chi connectivity index (χ1n) is 7.52. The van der Waals surface area contributed by atoms with Crippen molar-refractivity contribution in [3.8, 4) is 0 Å². The number of nitrogens with zero attached hydrogens (tertiary/aromatic N) is 1. The summed E-state index contributed by atoms with van der Waals surface area (Å²) < 4.78 is 28.1. The van der Waals surface area contributed by atoms with Crippen molar-refractivity contribution in [2.75, 3.05) is 6.54 Å². The number of alkyl halides is 1. The van der Waals surface area contributed by atoms with Crippen molar-refractivity contribution in [2.24, 2.45) is 5.92 Å². The molecule has 1 aromatic rings. The Kier molecular flexibility index (Phi) is 5.74. The van der Waals surface area contributed by atoms with E-state index in [1.165, 1.54) is 11.3 Å². The highest BCUT2D eigenvalue weighted by Crippen LogP contribution is 2.35. The number of hydrogen-bond donors (Lipinski definition) is 0. The number of aryl methyl sites for hydroxylation is 1. The first kappa shape index (κ1) is 17.3. The Morgan fingerprint density at radius 1 is 1.38 bits per heavy atom. The van der Waals surface area contributed by atoms with Crippen molar-refractivity contribution in [3.63, 3.8) is 0 Å². The molecular weight excluding hydrogens is 326 g/mol. The number of sulfonamides is 1. The monoisotopic (exact) mass is 349 g/mol. The molecule has 3 nitrogen and oxygen atoms in total. The summed E-state index contributed by atoms with van der Waals surface area (Å²) in [4.78, 5) is 1.22. The lowest BCUT2D eigenvalue weighted by Crippen LogP contribution is -2.41. The van der Waals surface area contributed by atoms with Gasteiger partial charge in [0.25, 0.3) is 0 Å². The zero-order chi connectivity index (χ0) is 15.6. The van der Waals surface area contributed by atoms with Crippen LogP contribution in [0.2, 0.25) is 0 Å². The fraction of sp³-hybridized carbons (Fsp3) is 0.733. The number of hydrogen-bond acceptors (Lipinski definition) is 3. The summed E-state index contributed by atoms with van der Waals surface area (Å²) in [6.07, 6.45) is 4.20. The van der Waals surface area contributed by atoms with Gasteiger partial charge in [-0.1, -0.05) is 26.7 Å². The van der Waals surface area contributed by atoms with Crippen molar-refractivity contribution < 1.29 is 8.42 Å². The van der Waals surface area contributed by atoms with E-state index in [-0.39, 0.29) is 11.9 Å². The molecule has 0 saturated heterocycles. The van der Waals surface area contributed by atoms with Gasteiger partial charge in [0.05, 0.1) is 5.88 Å². The van der Waals surface area contributed by atoms with E-state index in [4.69, 9.17) is 11.6 Å². The van der Waals surface area contributed by atoms with E-state index in [2.05, 4.69) is 13.8 Å². The second kappa shape index (κ2) is 6.99. The highest BCUT2D eigenvalue weighted by Gasteiger charge is 2.36. The Balaban J connectivity index is 2.43. The Morgan fingerprint density at radius 3 is 2.52 bits per heavy atom. The fourth-order valence-corrected chi connectivity index (χ4v) is 6.90. The fourth-order valence-electron chi connectivity index (χ4n) is 3.04. The molecule has 1 heterocycles. The molecule has 0 aromatic carbocycles. The van der Waals surface area contributed by atoms with Gasteiger partial charge in [0, 0.05) is 17.5 Å². The van der Waals surface area contributed by atoms with Crippen LogP contribution in [0.5, 0.6) is 0 Å². The van der Waals surface area contributed by atoms with Gasteiger partial charge < -0.3 is 0 Å². The van der Waals surface area contributed by atoms with Gasteiger partial charge in [0.2, 0.25) is 10.0 Å². The Labute approximate surface area is 137 Å². The Bertz CT molecular complexity index is 574. The molecule has 0 bridgehead atoms. The van der Waals surface area contributed by atoms with Crippen LogP contribution in [-0.2, 0) is 15.9 Å². The van der Waals surface area contributed by atoms with Crippen LogP contribution in [-0.4, -0.2) is 25.3 Å². The molecule has 2 rings (SSSR count). The molecule has 0 radical (unpaired) electrons. The Morgan fingerprint density at radius 2 is 2.00 bits per heavy atom. The van der Waals surface area contributed by atoms with Crippen LogP contribution in [0, 0.1) is 12.8 Å². The normalized spacial score (nSPS) is 17.2. The predicted octanol–water partition coefficient (Wildman–Crippen LogP) is 4.38. The highest BCUT2D eigenvalue weighted by molar-refractivity contribution is 7.89. The third-order valence-electron chi connectivity index (χ3n) is 3.95. The van der Waals surface area contributed by atoms with Crippen molar-refractivity contribution in [2.45, 2.75) is 63.3 Å². The van der Waals surface area contributed by atoms with Gasteiger partial charge in [0.15, 0.2) is 0 Å². The quantitative estimate of drug-likeness (QED) is 0.714. The van der Waals surface area contributed by atoms with Crippen LogP contribution in [0.15, 0.2) is 10.3 Å². The predicted molar refractivity (Wildman–Crippen MR) is 89.6 cm³/mol. The molecule has 0 amide bonds. The zero-order valence-corrected chi connectivity index (χ0v) is 15.3. The smallest absolute Gasteiger partial charge is 0.207 e. The van der Waals surface area contributed by atoms with Crippen LogP contribution in [0.25, 0.3) is 0 Å². The molecule has 0 aliphatic heterocycles. The van der Waals surface area contributed by atoms with Crippen molar-refractivity contribution in [1.82, 2.24) is 4.31 Å². The first-order valence-corrected chi connectivity index (χ1v) is 10.4. The third kappa shape index (κ3) is 3.63. The SMILES string of the molecule is Cc1csc(CCl)c1S(=O)(=O)N(CC(C)C)C1CCCC1. The minimum atomic E-state index is -3.45. The average Bonchev–Trinajstić information content (AvgIpc) is 3.04. The van der Waals surface area contributed by atoms with Crippen LogP contribution < -0.4 is 0 Å². The molecule has 120 valence electrons. The van der Waals surface area contributed by atoms with E-state index in [9.17, 15) is 8.42 Å². The summed E-state index contributed by atoms with van der Waals surface area (Å²) in [6, 6.07) is 0.153. The van der Waals surface area contributed by atoms with E-state index in [0.717, 1.165) is 36.1 Å². The lowest BCUT2D eigenvalue weighted by atomic mass is 10.2. The lowest BCUT2D eigenvalue weighted by molar-refractivity contribution is 0.292. The molecule has 0 spiro atoms. The minimum absolute atomic E-state index is 0.153. The van der Waals surface area contributed by atoms with E-state index in [1.54, 1.807) is 4.31 Å². The van der Waals surface area contributed by atoms with E-state index in [0.29, 0.717) is 17.4 Å². The van der Waals surface area contributed by atoms with Crippen molar-refractivity contribution in [3.05, 3.63) is 15.8 Å². The molecular formula is C15H24ClNO2S2. The first-order chi connectivity index (χ1) is 9.87. The summed E-state index contributed by atoms with van der Waals surface area (Å²) in [5.41, 5.74) is 0.822. The van der Waals surface area contributed by atoms with Gasteiger partial charge in [-0.15, -0.1) is 22.9 Å². The number of halogens is 1. The van der Waals surface area contributed by atoms with Crippen LogP contribution >= 0.6 is 22.9 Å². The van der Waals surface area contributed by atoms with Crippen LogP contribution in [0.3, 0.4) is 0 Å². The summed E-state index contributed by atoms with van der Waals surface area (Å²) in [5.74, 6) is 0.576. The minimum Gasteiger partial charge on any atom is -0.207 e. The lowest BCUT2D eigenvalue weighted by Gasteiger charge is -2.30. The maximum absolute atomic E-state index is 13.2. The summed E-state index contributed by atoms with van der Waals surface area (Å²) in [7, 11) is -3.45. The molecule has 1 aromatic heterocycles. The number of rotatable bonds is 6. The second-order valence-electron chi connectivity index (χ2n) is 6.21. The highest BCUT2D eigenvalue weighted by atomic mass is 35.5. The summed E-state index contributed by atoms with van der Waals surface area (Å²) in [5, 5.41) is 1.90. The van der Waals surface area contributed by atoms with Gasteiger partial charge in [0.1, 0.15) is 4.90 Å². The summed E-state index contributed by atoms with van der Waals surface area (Å²) in [6.45, 7) is 6.59. The molecule has 6 heteroatoms. The zero-order valence-electron chi connectivity index (χ0n) is 12.9. The third-order valence-corrected chi connectivity index (χ3v) is 7.76. The molecule has 1 fully saturated rings. The maximum Gasteiger partial charge on any atom is 0.244 e. The topological polar surface area (TPSA) is 37.4 Å². The molecule has 1 saturated carbocycles. The van der Waals surface area contributed by atoms with Gasteiger partial charge in [-0.2, -0.15) is 4.31 Å². The number of thiophene rings is 1. The molecule has 0 N–H and O–H groups in total. The molecule has 1 aliphatic carbocycles. The summed E-state index contributed by atoms with van der Waals surface area (Å²) >= 11 is 7.39. The van der Waals surface area contributed by atoms with E-state index in [1.807, 2.05) is 12.3 Å².